The number of hydrogen-bond acceptors (Lipinski definition) is 6. The third-order valence-corrected chi connectivity index (χ3v) is 5.71. The molecule has 0 bridgehead atoms. The molecule has 2 aliphatic heterocycles. The third kappa shape index (κ3) is 4.32. The molecule has 1 aromatic heterocycles. The zero-order chi connectivity index (χ0) is 17.8. The highest BCUT2D eigenvalue weighted by atomic mass is 16.5. The first-order valence-electron chi connectivity index (χ1n) is 10.0. The lowest BCUT2D eigenvalue weighted by molar-refractivity contribution is -0.0549. The number of rotatable bonds is 5. The Bertz CT molecular complexity index is 598. The molecule has 2 saturated heterocycles. The second kappa shape index (κ2) is 8.31. The quantitative estimate of drug-likeness (QED) is 0.829. The monoisotopic (exact) mass is 359 g/mol. The van der Waals surface area contributed by atoms with E-state index in [2.05, 4.69) is 25.7 Å². The zero-order valence-electron chi connectivity index (χ0n) is 15.3. The summed E-state index contributed by atoms with van der Waals surface area (Å²) in [5.74, 6) is 0.718. The molecule has 142 valence electrons. The predicted molar refractivity (Wildman–Crippen MR) is 99.3 cm³/mol. The summed E-state index contributed by atoms with van der Waals surface area (Å²) < 4.78 is 6.18. The Morgan fingerprint density at radius 2 is 1.92 bits per heavy atom. The van der Waals surface area contributed by atoms with Crippen molar-refractivity contribution in [2.75, 3.05) is 31.1 Å². The molecule has 0 spiro atoms. The Hall–Kier alpha value is -1.73. The fraction of sp³-hybridized carbons (Fsp3) is 0.737. The molecule has 0 aromatic carbocycles. The van der Waals surface area contributed by atoms with E-state index in [1.54, 1.807) is 6.07 Å². The number of carbonyl (C=O) groups excluding carboxylic acids is 1. The van der Waals surface area contributed by atoms with Crippen LogP contribution in [0.1, 0.15) is 55.4 Å². The fourth-order valence-corrected chi connectivity index (χ4v) is 3.86. The van der Waals surface area contributed by atoms with Gasteiger partial charge in [0.2, 0.25) is 0 Å². The first-order valence-corrected chi connectivity index (χ1v) is 10.0. The minimum atomic E-state index is -0.137. The molecule has 7 nitrogen and oxygen atoms in total. The van der Waals surface area contributed by atoms with Crippen LogP contribution in [0, 0.1) is 0 Å². The highest BCUT2D eigenvalue weighted by Crippen LogP contribution is 2.27. The average Bonchev–Trinajstić information content (AvgIpc) is 3.02. The summed E-state index contributed by atoms with van der Waals surface area (Å²) in [4.78, 5) is 14.5. The number of anilines is 1. The lowest BCUT2D eigenvalue weighted by Gasteiger charge is -2.30. The summed E-state index contributed by atoms with van der Waals surface area (Å²) in [6.45, 7) is 3.69. The van der Waals surface area contributed by atoms with Crippen molar-refractivity contribution in [2.24, 2.45) is 0 Å². The van der Waals surface area contributed by atoms with Gasteiger partial charge in [0.05, 0.1) is 12.2 Å². The largest absolute Gasteiger partial charge is 0.375 e. The standard InChI is InChI=1S/C19H29N5O2/c25-19(21-14-8-10-20-13-14)17-6-7-18(23-22-17)24-11-2-5-16(9-12-24)26-15-3-1-4-15/h6-7,14-16,20H,1-5,8-13H2,(H,21,25). The topological polar surface area (TPSA) is 79.4 Å². The Morgan fingerprint density at radius 1 is 1.08 bits per heavy atom. The van der Waals surface area contributed by atoms with Crippen LogP contribution in [0.25, 0.3) is 0 Å². The van der Waals surface area contributed by atoms with Crippen LogP contribution in [0.3, 0.4) is 0 Å². The summed E-state index contributed by atoms with van der Waals surface area (Å²) in [7, 11) is 0. The number of nitrogens with zero attached hydrogens (tertiary/aromatic N) is 3. The van der Waals surface area contributed by atoms with Crippen LogP contribution in [0.5, 0.6) is 0 Å². The molecule has 3 heterocycles. The van der Waals surface area contributed by atoms with Gasteiger partial charge in [0.25, 0.3) is 5.91 Å². The minimum Gasteiger partial charge on any atom is -0.375 e. The predicted octanol–water partition coefficient (Wildman–Crippen LogP) is 1.50. The van der Waals surface area contributed by atoms with E-state index in [4.69, 9.17) is 4.74 Å². The van der Waals surface area contributed by atoms with E-state index in [1.807, 2.05) is 6.07 Å². The van der Waals surface area contributed by atoms with Crippen LogP contribution in [0.15, 0.2) is 12.1 Å². The van der Waals surface area contributed by atoms with Crippen LogP contribution in [0.4, 0.5) is 5.82 Å². The summed E-state index contributed by atoms with van der Waals surface area (Å²) in [6.07, 6.45) is 8.88. The van der Waals surface area contributed by atoms with E-state index in [0.29, 0.717) is 17.9 Å². The van der Waals surface area contributed by atoms with Gasteiger partial charge in [-0.25, -0.2) is 0 Å². The number of amides is 1. The van der Waals surface area contributed by atoms with Crippen LogP contribution in [-0.4, -0.2) is 60.5 Å². The maximum atomic E-state index is 12.3. The normalized spacial score (nSPS) is 27.0. The van der Waals surface area contributed by atoms with Gasteiger partial charge in [0.1, 0.15) is 0 Å². The molecule has 3 aliphatic rings. The van der Waals surface area contributed by atoms with Gasteiger partial charge in [-0.15, -0.1) is 10.2 Å². The number of nitrogens with one attached hydrogen (secondary N) is 2. The molecule has 1 saturated carbocycles. The third-order valence-electron chi connectivity index (χ3n) is 5.71. The summed E-state index contributed by atoms with van der Waals surface area (Å²) in [5.41, 5.74) is 0.390. The SMILES string of the molecule is O=C(NC1CCNC1)c1ccc(N2CCCC(OC3CCC3)CC2)nn1. The summed E-state index contributed by atoms with van der Waals surface area (Å²) in [6, 6.07) is 3.90. The van der Waals surface area contributed by atoms with Crippen LogP contribution >= 0.6 is 0 Å². The number of hydrogen-bond donors (Lipinski definition) is 2. The molecular formula is C19H29N5O2. The number of ether oxygens (including phenoxy) is 1. The molecule has 4 rings (SSSR count). The molecular weight excluding hydrogens is 330 g/mol. The van der Waals surface area contributed by atoms with Crippen molar-refractivity contribution in [3.63, 3.8) is 0 Å². The molecule has 26 heavy (non-hydrogen) atoms. The van der Waals surface area contributed by atoms with Gasteiger partial charge in [-0.05, 0) is 63.6 Å². The van der Waals surface area contributed by atoms with Gasteiger partial charge < -0.3 is 20.3 Å². The van der Waals surface area contributed by atoms with E-state index >= 15 is 0 Å². The molecule has 7 heteroatoms. The first-order chi connectivity index (χ1) is 12.8. The van der Waals surface area contributed by atoms with Gasteiger partial charge in [0, 0.05) is 25.7 Å². The van der Waals surface area contributed by atoms with Crippen molar-refractivity contribution in [3.8, 4) is 0 Å². The fourth-order valence-electron chi connectivity index (χ4n) is 3.86. The van der Waals surface area contributed by atoms with Gasteiger partial charge in [-0.1, -0.05) is 0 Å². The van der Waals surface area contributed by atoms with Crippen molar-refractivity contribution in [1.82, 2.24) is 20.8 Å². The Balaban J connectivity index is 1.30. The van der Waals surface area contributed by atoms with Gasteiger partial charge in [0.15, 0.2) is 11.5 Å². The van der Waals surface area contributed by atoms with E-state index < -0.39 is 0 Å². The van der Waals surface area contributed by atoms with Crippen LogP contribution in [0.2, 0.25) is 0 Å². The van der Waals surface area contributed by atoms with Gasteiger partial charge in [-0.2, -0.15) is 0 Å². The molecule has 1 aliphatic carbocycles. The molecule has 2 N–H and O–H groups in total. The molecule has 2 unspecified atom stereocenters. The average molecular weight is 359 g/mol. The van der Waals surface area contributed by atoms with Crippen LogP contribution in [-0.2, 0) is 4.74 Å². The van der Waals surface area contributed by atoms with Crippen molar-refractivity contribution in [3.05, 3.63) is 17.8 Å². The van der Waals surface area contributed by atoms with Crippen molar-refractivity contribution in [1.29, 1.82) is 0 Å². The van der Waals surface area contributed by atoms with Crippen molar-refractivity contribution >= 4 is 11.7 Å². The van der Waals surface area contributed by atoms with Crippen LogP contribution < -0.4 is 15.5 Å². The Kier molecular flexibility index (Phi) is 5.65. The van der Waals surface area contributed by atoms with Crippen molar-refractivity contribution in [2.45, 2.75) is 63.2 Å². The van der Waals surface area contributed by atoms with E-state index in [9.17, 15) is 4.79 Å². The maximum absolute atomic E-state index is 12.3. The van der Waals surface area contributed by atoms with Gasteiger partial charge >= 0.3 is 0 Å². The lowest BCUT2D eigenvalue weighted by atomic mass is 9.95. The zero-order valence-corrected chi connectivity index (χ0v) is 15.3. The van der Waals surface area contributed by atoms with Gasteiger partial charge in [-0.3, -0.25) is 4.79 Å². The van der Waals surface area contributed by atoms with Crippen molar-refractivity contribution < 1.29 is 9.53 Å². The lowest BCUT2D eigenvalue weighted by Crippen LogP contribution is -2.36. The number of aromatic nitrogens is 2. The number of carbonyl (C=O) groups is 1. The molecule has 1 aromatic rings. The highest BCUT2D eigenvalue weighted by molar-refractivity contribution is 5.92. The summed E-state index contributed by atoms with van der Waals surface area (Å²) in [5, 5.41) is 14.7. The second-order valence-electron chi connectivity index (χ2n) is 7.67. The molecule has 2 atom stereocenters. The van der Waals surface area contributed by atoms with E-state index in [0.717, 1.165) is 57.7 Å². The van der Waals surface area contributed by atoms with E-state index in [-0.39, 0.29) is 11.9 Å². The smallest absolute Gasteiger partial charge is 0.272 e. The van der Waals surface area contributed by atoms with E-state index in [1.165, 1.54) is 19.3 Å². The minimum absolute atomic E-state index is 0.137. The molecule has 0 radical (unpaired) electrons. The molecule has 3 fully saturated rings. The molecule has 1 amide bonds. The Morgan fingerprint density at radius 3 is 2.62 bits per heavy atom. The maximum Gasteiger partial charge on any atom is 0.272 e. The second-order valence-corrected chi connectivity index (χ2v) is 7.67. The highest BCUT2D eigenvalue weighted by Gasteiger charge is 2.25. The Labute approximate surface area is 154 Å². The first kappa shape index (κ1) is 17.7. The summed E-state index contributed by atoms with van der Waals surface area (Å²) >= 11 is 0.